The van der Waals surface area contributed by atoms with Crippen molar-refractivity contribution in [2.75, 3.05) is 32.1 Å². The largest absolute Gasteiger partial charge is 0.478 e. The van der Waals surface area contributed by atoms with Crippen molar-refractivity contribution >= 4 is 17.7 Å². The van der Waals surface area contributed by atoms with E-state index in [4.69, 9.17) is 20.9 Å². The number of carboxylic acids is 1. The lowest BCUT2D eigenvalue weighted by Crippen LogP contribution is -2.43. The SMILES string of the molecule is CCCCCCCCCCN.COC1C(C(=O)O)=CC=C(OCC(F)F)N1C(C)c1ccnc(NC(N)=NCC(C)C)c1. The number of hydrogen-bond acceptors (Lipinski definition) is 7. The fourth-order valence-corrected chi connectivity index (χ4v) is 4.34. The van der Waals surface area contributed by atoms with E-state index in [-0.39, 0.29) is 17.4 Å². The molecule has 0 saturated carbocycles. The van der Waals surface area contributed by atoms with Crippen LogP contribution >= 0.6 is 0 Å². The van der Waals surface area contributed by atoms with Crippen molar-refractivity contribution in [2.45, 2.75) is 97.8 Å². The minimum absolute atomic E-state index is 0.0544. The van der Waals surface area contributed by atoms with Crippen LogP contribution < -0.4 is 16.8 Å². The molecule has 0 amide bonds. The van der Waals surface area contributed by atoms with E-state index >= 15 is 0 Å². The second kappa shape index (κ2) is 21.4. The number of halogens is 2. The first-order valence-corrected chi connectivity index (χ1v) is 15.2. The molecule has 0 saturated heterocycles. The van der Waals surface area contributed by atoms with Crippen molar-refractivity contribution in [1.82, 2.24) is 9.88 Å². The number of methoxy groups -OCH3 is 1. The third kappa shape index (κ3) is 14.7. The highest BCUT2D eigenvalue weighted by molar-refractivity contribution is 5.91. The zero-order valence-electron chi connectivity index (χ0n) is 26.4. The predicted molar refractivity (Wildman–Crippen MR) is 168 cm³/mol. The van der Waals surface area contributed by atoms with Crippen LogP contribution in [-0.2, 0) is 14.3 Å². The van der Waals surface area contributed by atoms with Gasteiger partial charge in [0.15, 0.2) is 24.7 Å². The molecule has 0 radical (unpaired) electrons. The van der Waals surface area contributed by atoms with Crippen LogP contribution in [0.25, 0.3) is 0 Å². The maximum atomic E-state index is 12.8. The molecule has 2 rings (SSSR count). The Morgan fingerprint density at radius 1 is 1.14 bits per heavy atom. The van der Waals surface area contributed by atoms with Crippen LogP contribution in [0.3, 0.4) is 0 Å². The average Bonchev–Trinajstić information content (AvgIpc) is 2.98. The van der Waals surface area contributed by atoms with E-state index in [1.54, 1.807) is 25.3 Å². The van der Waals surface area contributed by atoms with E-state index in [9.17, 15) is 18.7 Å². The van der Waals surface area contributed by atoms with Gasteiger partial charge in [0.2, 0.25) is 0 Å². The number of nitrogens with zero attached hydrogens (tertiary/aromatic N) is 3. The van der Waals surface area contributed by atoms with Gasteiger partial charge in [-0.2, -0.15) is 0 Å². The molecule has 0 bridgehead atoms. The zero-order valence-corrected chi connectivity index (χ0v) is 26.4. The molecule has 6 N–H and O–H groups in total. The first-order valence-electron chi connectivity index (χ1n) is 15.2. The first kappa shape index (κ1) is 37.8. The normalized spacial score (nSPS) is 15.9. The van der Waals surface area contributed by atoms with Gasteiger partial charge in [-0.15, -0.1) is 0 Å². The van der Waals surface area contributed by atoms with Crippen molar-refractivity contribution in [3.8, 4) is 0 Å². The molecule has 1 aliphatic rings. The molecule has 0 spiro atoms. The topological polar surface area (TPSA) is 148 Å². The number of anilines is 1. The van der Waals surface area contributed by atoms with Gasteiger partial charge in [-0.1, -0.05) is 65.7 Å². The van der Waals surface area contributed by atoms with Crippen LogP contribution in [0.2, 0.25) is 0 Å². The number of nitrogens with two attached hydrogens (primary N) is 2. The number of alkyl halides is 2. The van der Waals surface area contributed by atoms with Gasteiger partial charge in [0, 0.05) is 19.9 Å². The number of ether oxygens (including phenoxy) is 2. The maximum absolute atomic E-state index is 12.8. The van der Waals surface area contributed by atoms with E-state index in [0.29, 0.717) is 23.8 Å². The number of hydrogen-bond donors (Lipinski definition) is 4. The lowest BCUT2D eigenvalue weighted by molar-refractivity contribution is -0.137. The van der Waals surface area contributed by atoms with E-state index in [1.165, 1.54) is 75.5 Å². The number of carbonyl (C=O) groups is 1. The summed E-state index contributed by atoms with van der Waals surface area (Å²) in [4.78, 5) is 21.6. The van der Waals surface area contributed by atoms with E-state index in [0.717, 1.165) is 6.54 Å². The number of aliphatic carboxylic acids is 1. The van der Waals surface area contributed by atoms with E-state index in [2.05, 4.69) is 22.2 Å². The minimum Gasteiger partial charge on any atom is -0.478 e. The number of unbranched alkanes of at least 4 members (excludes halogenated alkanes) is 7. The standard InChI is InChI=1S/C21H29F2N5O4.C10H23N/c1-12(2)10-26-21(24)27-17-9-14(7-8-25-17)13(3)28-18(32-11-16(22)23)6-5-15(20(29)30)19(28)31-4;1-2-3-4-5-6-7-8-9-10-11/h5-9,12-13,16,19H,10-11H2,1-4H3,(H,29,30)(H3,24,25,26,27);2-11H2,1H3. The Kier molecular flexibility index (Phi) is 18.8. The van der Waals surface area contributed by atoms with Crippen molar-refractivity contribution in [1.29, 1.82) is 0 Å². The molecule has 12 heteroatoms. The van der Waals surface area contributed by atoms with Crippen LogP contribution in [-0.4, -0.2) is 66.4 Å². The van der Waals surface area contributed by atoms with Crippen LogP contribution in [0.4, 0.5) is 14.6 Å². The number of aromatic nitrogens is 1. The number of guanidine groups is 1. The molecular formula is C31H52F2N6O4. The molecule has 0 aromatic carbocycles. The van der Waals surface area contributed by atoms with Crippen molar-refractivity contribution < 1.29 is 28.2 Å². The molecule has 1 aromatic rings. The molecule has 43 heavy (non-hydrogen) atoms. The number of carboxylic acid groups (broad SMARTS) is 1. The molecule has 2 heterocycles. The van der Waals surface area contributed by atoms with Gasteiger partial charge in [-0.05, 0) is 55.7 Å². The Hall–Kier alpha value is -3.25. The molecule has 10 nitrogen and oxygen atoms in total. The summed E-state index contributed by atoms with van der Waals surface area (Å²) in [6.07, 6.45) is 11.4. The molecular weight excluding hydrogens is 558 g/mol. The molecule has 0 fully saturated rings. The summed E-state index contributed by atoms with van der Waals surface area (Å²) in [5, 5.41) is 12.5. The van der Waals surface area contributed by atoms with E-state index < -0.39 is 31.3 Å². The second-order valence-electron chi connectivity index (χ2n) is 10.8. The Morgan fingerprint density at radius 3 is 2.35 bits per heavy atom. The van der Waals surface area contributed by atoms with Gasteiger partial charge in [0.1, 0.15) is 5.82 Å². The van der Waals surface area contributed by atoms with Crippen LogP contribution in [0.15, 0.2) is 46.9 Å². The highest BCUT2D eigenvalue weighted by Crippen LogP contribution is 2.34. The highest BCUT2D eigenvalue weighted by Gasteiger charge is 2.36. The maximum Gasteiger partial charge on any atom is 0.336 e. The number of pyridine rings is 1. The molecule has 0 aliphatic carbocycles. The molecule has 2 unspecified atom stereocenters. The summed E-state index contributed by atoms with van der Waals surface area (Å²) in [6, 6.07) is 2.90. The molecule has 2 atom stereocenters. The van der Waals surface area contributed by atoms with Gasteiger partial charge in [-0.25, -0.2) is 18.6 Å². The Balaban J connectivity index is 0.000000712. The predicted octanol–water partition coefficient (Wildman–Crippen LogP) is 6.03. The number of allylic oxidation sites excluding steroid dienone is 2. The lowest BCUT2D eigenvalue weighted by atomic mass is 10.0. The summed E-state index contributed by atoms with van der Waals surface area (Å²) in [5.41, 5.74) is 11.9. The van der Waals surface area contributed by atoms with Gasteiger partial charge < -0.3 is 36.3 Å². The van der Waals surface area contributed by atoms with Gasteiger partial charge >= 0.3 is 5.97 Å². The Labute approximate surface area is 255 Å². The van der Waals surface area contributed by atoms with Gasteiger partial charge in [0.25, 0.3) is 6.43 Å². The highest BCUT2D eigenvalue weighted by atomic mass is 19.3. The summed E-state index contributed by atoms with van der Waals surface area (Å²) in [7, 11) is 1.34. The summed E-state index contributed by atoms with van der Waals surface area (Å²) >= 11 is 0. The van der Waals surface area contributed by atoms with Crippen LogP contribution in [0.5, 0.6) is 0 Å². The second-order valence-corrected chi connectivity index (χ2v) is 10.8. The number of aliphatic imine (C=N–C) groups is 1. The van der Waals surface area contributed by atoms with Crippen molar-refractivity contribution in [2.24, 2.45) is 22.4 Å². The summed E-state index contributed by atoms with van der Waals surface area (Å²) in [5.74, 6) is -0.142. The smallest absolute Gasteiger partial charge is 0.336 e. The van der Waals surface area contributed by atoms with Gasteiger partial charge in [-0.3, -0.25) is 4.99 Å². The monoisotopic (exact) mass is 610 g/mol. The minimum atomic E-state index is -2.69. The van der Waals surface area contributed by atoms with E-state index in [1.807, 2.05) is 13.8 Å². The zero-order chi connectivity index (χ0) is 32.2. The van der Waals surface area contributed by atoms with Crippen LogP contribution in [0.1, 0.15) is 90.7 Å². The number of nitrogens with one attached hydrogen (secondary N) is 1. The van der Waals surface area contributed by atoms with Crippen LogP contribution in [0, 0.1) is 5.92 Å². The van der Waals surface area contributed by atoms with Gasteiger partial charge in [0.05, 0.1) is 11.6 Å². The van der Waals surface area contributed by atoms with Crippen molar-refractivity contribution in [3.05, 3.63) is 47.5 Å². The number of rotatable bonds is 18. The average molecular weight is 611 g/mol. The first-order chi connectivity index (χ1) is 20.5. The molecule has 244 valence electrons. The molecule has 1 aliphatic heterocycles. The summed E-state index contributed by atoms with van der Waals surface area (Å²) in [6.45, 7) is 8.65. The fourth-order valence-electron chi connectivity index (χ4n) is 4.34. The summed E-state index contributed by atoms with van der Waals surface area (Å²) < 4.78 is 36.2. The third-order valence-electron chi connectivity index (χ3n) is 6.63. The van der Waals surface area contributed by atoms with Crippen molar-refractivity contribution in [3.63, 3.8) is 0 Å². The Bertz CT molecular complexity index is 1030. The third-order valence-corrected chi connectivity index (χ3v) is 6.63. The Morgan fingerprint density at radius 2 is 1.79 bits per heavy atom. The fraction of sp³-hybridized carbons (Fsp3) is 0.645. The quantitative estimate of drug-likeness (QED) is 0.0888. The molecule has 1 aromatic heterocycles. The lowest BCUT2D eigenvalue weighted by Gasteiger charge is -2.40.